The van der Waals surface area contributed by atoms with Gasteiger partial charge in [-0.1, -0.05) is 55.8 Å². The van der Waals surface area contributed by atoms with E-state index in [-0.39, 0.29) is 5.91 Å². The monoisotopic (exact) mass is 438 g/mol. The number of fused-ring (bicyclic) bond motifs is 2. The van der Waals surface area contributed by atoms with Gasteiger partial charge in [-0.15, -0.1) is 5.10 Å². The first kappa shape index (κ1) is 21.2. The number of amides is 1. The number of unbranched alkanes of at least 4 members (excludes halogenated alkanes) is 2. The van der Waals surface area contributed by atoms with E-state index in [1.165, 1.54) is 0 Å². The Morgan fingerprint density at radius 2 is 1.90 bits per heavy atom. The van der Waals surface area contributed by atoms with Crippen molar-refractivity contribution in [2.24, 2.45) is 10.1 Å². The van der Waals surface area contributed by atoms with E-state index in [0.29, 0.717) is 22.4 Å². The summed E-state index contributed by atoms with van der Waals surface area (Å²) in [6.07, 6.45) is 2.91. The van der Waals surface area contributed by atoms with Crippen LogP contribution in [0.15, 0.2) is 52.6 Å². The van der Waals surface area contributed by atoms with Gasteiger partial charge in [0.25, 0.3) is 5.91 Å². The van der Waals surface area contributed by atoms with E-state index >= 15 is 0 Å². The zero-order chi connectivity index (χ0) is 21.8. The second-order valence-corrected chi connectivity index (χ2v) is 8.33. The third kappa shape index (κ3) is 4.25. The van der Waals surface area contributed by atoms with Crippen LogP contribution in [0.3, 0.4) is 0 Å². The molecule has 0 fully saturated rings. The van der Waals surface area contributed by atoms with Crippen molar-refractivity contribution in [3.05, 3.63) is 58.6 Å². The summed E-state index contributed by atoms with van der Waals surface area (Å²) in [6, 6.07) is 13.3. The maximum absolute atomic E-state index is 13.1. The molecule has 2 aliphatic rings. The minimum absolute atomic E-state index is 0.166. The molecule has 1 N–H and O–H groups in total. The Balaban J connectivity index is 1.79. The highest BCUT2D eigenvalue weighted by atomic mass is 32.2. The van der Waals surface area contributed by atoms with Crippen LogP contribution in [0, 0.1) is 0 Å². The normalized spacial score (nSPS) is 17.2. The molecule has 0 saturated heterocycles. The summed E-state index contributed by atoms with van der Waals surface area (Å²) in [5.74, 6) is 1.99. The maximum Gasteiger partial charge on any atom is 0.276 e. The third-order valence-corrected chi connectivity index (χ3v) is 6.16. The topological polar surface area (TPSA) is 75.5 Å². The Labute approximate surface area is 185 Å². The Bertz CT molecular complexity index is 1130. The van der Waals surface area contributed by atoms with E-state index in [0.717, 1.165) is 41.2 Å². The molecular formula is C23H26N4O3S. The summed E-state index contributed by atoms with van der Waals surface area (Å²) in [5.41, 5.74) is 1.36. The standard InChI is InChI=1S/C23H26N4O3S/c1-4-5-8-13-31-23-25-22(28)20-16-9-6-7-10-17(16)24-21(27(20)26-23)15-11-12-18(29-2)19(14-15)30-3/h6-7,9-12,14,21H,4-5,8,13H2,1-3H3,(H,25,26,28). The number of nitrogens with one attached hydrogen (secondary N) is 1. The largest absolute Gasteiger partial charge is 0.493 e. The molecule has 1 unspecified atom stereocenters. The fourth-order valence-electron chi connectivity index (χ4n) is 3.64. The van der Waals surface area contributed by atoms with Gasteiger partial charge in [-0.25, -0.2) is 5.01 Å². The molecule has 8 heteroatoms. The average Bonchev–Trinajstić information content (AvgIpc) is 2.80. The van der Waals surface area contributed by atoms with Crippen LogP contribution in [0.25, 0.3) is 5.70 Å². The van der Waals surface area contributed by atoms with Crippen molar-refractivity contribution in [2.45, 2.75) is 32.4 Å². The molecule has 0 saturated carbocycles. The Morgan fingerprint density at radius 3 is 2.68 bits per heavy atom. The van der Waals surface area contributed by atoms with Crippen molar-refractivity contribution in [3.8, 4) is 11.5 Å². The van der Waals surface area contributed by atoms with Crippen LogP contribution in [0.2, 0.25) is 0 Å². The van der Waals surface area contributed by atoms with E-state index in [1.807, 2.05) is 42.5 Å². The molecular weight excluding hydrogens is 412 g/mol. The molecule has 0 radical (unpaired) electrons. The summed E-state index contributed by atoms with van der Waals surface area (Å²) in [4.78, 5) is 18.0. The molecule has 2 aromatic rings. The number of hydrazone groups is 1. The Morgan fingerprint density at radius 1 is 1.10 bits per heavy atom. The van der Waals surface area contributed by atoms with Crippen molar-refractivity contribution in [3.63, 3.8) is 0 Å². The number of carbonyl (C=O) groups excluding carboxylic acids is 1. The van der Waals surface area contributed by atoms with E-state index in [9.17, 15) is 4.79 Å². The van der Waals surface area contributed by atoms with Crippen LogP contribution in [-0.4, -0.2) is 36.1 Å². The smallest absolute Gasteiger partial charge is 0.276 e. The quantitative estimate of drug-likeness (QED) is 0.673. The summed E-state index contributed by atoms with van der Waals surface area (Å²) >= 11 is 1.57. The molecule has 0 aliphatic carbocycles. The van der Waals surface area contributed by atoms with Gasteiger partial charge in [-0.2, -0.15) is 0 Å². The van der Waals surface area contributed by atoms with Crippen molar-refractivity contribution in [1.82, 2.24) is 10.3 Å². The van der Waals surface area contributed by atoms with E-state index < -0.39 is 6.17 Å². The van der Waals surface area contributed by atoms with Crippen molar-refractivity contribution >= 4 is 28.5 Å². The van der Waals surface area contributed by atoms with E-state index in [4.69, 9.17) is 19.6 Å². The third-order valence-electron chi connectivity index (χ3n) is 5.21. The predicted molar refractivity (Wildman–Crippen MR) is 122 cm³/mol. The highest BCUT2D eigenvalue weighted by Crippen LogP contribution is 2.35. The fraction of sp³-hybridized carbons (Fsp3) is 0.348. The van der Waals surface area contributed by atoms with Gasteiger partial charge in [-0.3, -0.25) is 15.1 Å². The number of carbonyl (C=O) groups is 1. The summed E-state index contributed by atoms with van der Waals surface area (Å²) < 4.78 is 10.9. The predicted octanol–water partition coefficient (Wildman–Crippen LogP) is 2.77. The fourth-order valence-corrected chi connectivity index (χ4v) is 4.50. The molecule has 4 rings (SSSR count). The molecule has 1 atom stereocenters. The molecule has 2 heterocycles. The van der Waals surface area contributed by atoms with Gasteiger partial charge >= 0.3 is 0 Å². The number of benzene rings is 2. The lowest BCUT2D eigenvalue weighted by Crippen LogP contribution is -2.50. The van der Waals surface area contributed by atoms with Gasteiger partial charge in [0.05, 0.1) is 19.6 Å². The number of ether oxygens (including phenoxy) is 2. The summed E-state index contributed by atoms with van der Waals surface area (Å²) in [6.45, 7) is 2.17. The van der Waals surface area contributed by atoms with Gasteiger partial charge in [-0.05, 0) is 24.6 Å². The minimum Gasteiger partial charge on any atom is -0.493 e. The number of rotatable bonds is 7. The van der Waals surface area contributed by atoms with Crippen LogP contribution >= 0.6 is 11.8 Å². The van der Waals surface area contributed by atoms with Crippen molar-refractivity contribution in [2.75, 3.05) is 20.0 Å². The lowest BCUT2D eigenvalue weighted by atomic mass is 10.1. The number of nitrogens with zero attached hydrogens (tertiary/aromatic N) is 3. The first-order valence-corrected chi connectivity index (χ1v) is 11.4. The number of methoxy groups -OCH3 is 2. The van der Waals surface area contributed by atoms with Crippen LogP contribution in [0.5, 0.6) is 11.5 Å². The van der Waals surface area contributed by atoms with Gasteiger partial charge in [0, 0.05) is 16.5 Å². The highest BCUT2D eigenvalue weighted by Gasteiger charge is 2.34. The first-order chi connectivity index (χ1) is 15.2. The molecule has 0 bridgehead atoms. The number of hydrogen-bond acceptors (Lipinski definition) is 7. The number of amidine groups is 1. The molecule has 31 heavy (non-hydrogen) atoms. The summed E-state index contributed by atoms with van der Waals surface area (Å²) in [7, 11) is 3.20. The number of para-hydroxylation sites is 1. The number of hydrogen-bond donors (Lipinski definition) is 1. The van der Waals surface area contributed by atoms with Crippen LogP contribution in [0.1, 0.15) is 37.9 Å². The Hall–Kier alpha value is -3.00. The number of thioether (sulfide) groups is 1. The molecule has 2 aliphatic heterocycles. The zero-order valence-corrected chi connectivity index (χ0v) is 18.7. The van der Waals surface area contributed by atoms with Crippen LogP contribution in [-0.2, 0) is 4.79 Å². The zero-order valence-electron chi connectivity index (χ0n) is 17.9. The lowest BCUT2D eigenvalue weighted by Gasteiger charge is -2.34. The van der Waals surface area contributed by atoms with Gasteiger partial charge in [0.1, 0.15) is 5.70 Å². The SMILES string of the molecule is CCCCCSC1=NN2C(=c3ccccc3=NC2c2ccc(OC)c(OC)c2)C(=O)N1. The molecule has 0 spiro atoms. The van der Waals surface area contributed by atoms with Gasteiger partial charge < -0.3 is 9.47 Å². The second-order valence-electron chi connectivity index (χ2n) is 7.24. The highest BCUT2D eigenvalue weighted by molar-refractivity contribution is 8.13. The van der Waals surface area contributed by atoms with E-state index in [1.54, 1.807) is 31.0 Å². The first-order valence-electron chi connectivity index (χ1n) is 10.4. The molecule has 2 aromatic carbocycles. The second kappa shape index (κ2) is 9.43. The van der Waals surface area contributed by atoms with Crippen LogP contribution in [0.4, 0.5) is 0 Å². The lowest BCUT2D eigenvalue weighted by molar-refractivity contribution is -0.116. The maximum atomic E-state index is 13.1. The van der Waals surface area contributed by atoms with Crippen LogP contribution < -0.4 is 25.4 Å². The van der Waals surface area contributed by atoms with Gasteiger partial charge in [0.15, 0.2) is 22.8 Å². The van der Waals surface area contributed by atoms with Gasteiger partial charge in [0.2, 0.25) is 0 Å². The Kier molecular flexibility index (Phi) is 6.46. The minimum atomic E-state index is -0.484. The van der Waals surface area contributed by atoms with Crippen molar-refractivity contribution < 1.29 is 14.3 Å². The molecule has 7 nitrogen and oxygen atoms in total. The summed E-state index contributed by atoms with van der Waals surface area (Å²) in [5, 5.41) is 11.6. The van der Waals surface area contributed by atoms with E-state index in [2.05, 4.69) is 12.2 Å². The molecule has 1 amide bonds. The average molecular weight is 439 g/mol. The molecule has 0 aromatic heterocycles. The van der Waals surface area contributed by atoms with Crippen molar-refractivity contribution in [1.29, 1.82) is 0 Å². The molecule has 162 valence electrons.